The molecule has 2 aromatic heterocycles. The summed E-state index contributed by atoms with van der Waals surface area (Å²) in [6.45, 7) is 6.41. The molecule has 0 spiro atoms. The Balaban J connectivity index is 1.69. The monoisotopic (exact) mass is 351 g/mol. The summed E-state index contributed by atoms with van der Waals surface area (Å²) >= 11 is 0. The standard InChI is InChI=1S/C21H22FN3O/c1-21(2,3)20-11-18(24-25-20)17-10-19(16(12-23-17)13-4-5-13)26-15-8-6-14(22)7-9-15/h6-13H,4-5H2,1-3H3,(H,24,25). The second-order valence-electron chi connectivity index (χ2n) is 7.85. The fourth-order valence-corrected chi connectivity index (χ4v) is 2.84. The molecular weight excluding hydrogens is 329 g/mol. The molecule has 4 rings (SSSR count). The van der Waals surface area contributed by atoms with Crippen LogP contribution in [0.15, 0.2) is 42.6 Å². The number of benzene rings is 1. The van der Waals surface area contributed by atoms with Crippen molar-refractivity contribution in [3.05, 3.63) is 59.7 Å². The van der Waals surface area contributed by atoms with E-state index in [1.165, 1.54) is 12.1 Å². The van der Waals surface area contributed by atoms with E-state index in [-0.39, 0.29) is 11.2 Å². The summed E-state index contributed by atoms with van der Waals surface area (Å²) in [5.41, 5.74) is 3.71. The predicted molar refractivity (Wildman–Crippen MR) is 99.0 cm³/mol. The van der Waals surface area contributed by atoms with E-state index in [4.69, 9.17) is 4.74 Å². The van der Waals surface area contributed by atoms with Crippen LogP contribution in [0, 0.1) is 5.82 Å². The second-order valence-corrected chi connectivity index (χ2v) is 7.85. The van der Waals surface area contributed by atoms with Crippen LogP contribution >= 0.6 is 0 Å². The van der Waals surface area contributed by atoms with E-state index in [1.54, 1.807) is 12.1 Å². The number of hydrogen-bond acceptors (Lipinski definition) is 3. The SMILES string of the molecule is CC(C)(C)c1cc(-c2cc(Oc3ccc(F)cc3)c(C3CC3)cn2)n[nH]1. The third-order valence-corrected chi connectivity index (χ3v) is 4.60. The van der Waals surface area contributed by atoms with E-state index < -0.39 is 0 Å². The van der Waals surface area contributed by atoms with Gasteiger partial charge in [0.05, 0.1) is 5.69 Å². The van der Waals surface area contributed by atoms with E-state index in [2.05, 4.69) is 36.0 Å². The van der Waals surface area contributed by atoms with Gasteiger partial charge in [0.25, 0.3) is 0 Å². The fourth-order valence-electron chi connectivity index (χ4n) is 2.84. The highest BCUT2D eigenvalue weighted by Gasteiger charge is 2.28. The van der Waals surface area contributed by atoms with Crippen LogP contribution in [-0.2, 0) is 5.41 Å². The number of nitrogens with zero attached hydrogens (tertiary/aromatic N) is 2. The third-order valence-electron chi connectivity index (χ3n) is 4.60. The van der Waals surface area contributed by atoms with Gasteiger partial charge in [0, 0.05) is 28.9 Å². The van der Waals surface area contributed by atoms with Crippen LogP contribution in [0.25, 0.3) is 11.4 Å². The van der Waals surface area contributed by atoms with Crippen LogP contribution in [0.2, 0.25) is 0 Å². The van der Waals surface area contributed by atoms with Gasteiger partial charge in [-0.1, -0.05) is 20.8 Å². The molecule has 0 aliphatic heterocycles. The molecule has 0 bridgehead atoms. The maximum Gasteiger partial charge on any atom is 0.134 e. The molecule has 0 atom stereocenters. The van der Waals surface area contributed by atoms with Gasteiger partial charge in [0.15, 0.2) is 0 Å². The van der Waals surface area contributed by atoms with Gasteiger partial charge in [0.1, 0.15) is 23.0 Å². The van der Waals surface area contributed by atoms with Gasteiger partial charge in [-0.05, 0) is 49.1 Å². The molecule has 1 aromatic carbocycles. The lowest BCUT2D eigenvalue weighted by atomic mass is 9.92. The van der Waals surface area contributed by atoms with Crippen molar-refractivity contribution in [1.82, 2.24) is 15.2 Å². The number of pyridine rings is 1. The van der Waals surface area contributed by atoms with Crippen molar-refractivity contribution in [2.75, 3.05) is 0 Å². The smallest absolute Gasteiger partial charge is 0.134 e. The van der Waals surface area contributed by atoms with E-state index >= 15 is 0 Å². The normalized spacial score (nSPS) is 14.5. The molecule has 1 saturated carbocycles. The first-order valence-electron chi connectivity index (χ1n) is 8.90. The maximum absolute atomic E-state index is 13.1. The molecule has 0 amide bonds. The highest BCUT2D eigenvalue weighted by atomic mass is 19.1. The quantitative estimate of drug-likeness (QED) is 0.668. The van der Waals surface area contributed by atoms with Crippen LogP contribution in [0.3, 0.4) is 0 Å². The van der Waals surface area contributed by atoms with Crippen molar-refractivity contribution in [3.63, 3.8) is 0 Å². The predicted octanol–water partition coefficient (Wildman–Crippen LogP) is 5.58. The van der Waals surface area contributed by atoms with E-state index in [1.807, 2.05) is 18.3 Å². The molecule has 3 aromatic rings. The zero-order chi connectivity index (χ0) is 18.3. The number of H-pyrrole nitrogens is 1. The average molecular weight is 351 g/mol. The molecule has 26 heavy (non-hydrogen) atoms. The Morgan fingerprint density at radius 3 is 2.42 bits per heavy atom. The number of aromatic nitrogens is 3. The minimum Gasteiger partial charge on any atom is -0.457 e. The number of ether oxygens (including phenoxy) is 1. The van der Waals surface area contributed by atoms with Crippen LogP contribution in [0.5, 0.6) is 11.5 Å². The summed E-state index contributed by atoms with van der Waals surface area (Å²) < 4.78 is 19.2. The number of halogens is 1. The summed E-state index contributed by atoms with van der Waals surface area (Å²) in [6, 6.07) is 10.0. The molecule has 1 N–H and O–H groups in total. The molecule has 2 heterocycles. The first-order chi connectivity index (χ1) is 12.4. The first kappa shape index (κ1) is 16.8. The zero-order valence-corrected chi connectivity index (χ0v) is 15.2. The zero-order valence-electron chi connectivity index (χ0n) is 15.2. The van der Waals surface area contributed by atoms with Crippen molar-refractivity contribution in [3.8, 4) is 22.9 Å². The Bertz CT molecular complexity index is 921. The lowest BCUT2D eigenvalue weighted by molar-refractivity contribution is 0.474. The van der Waals surface area contributed by atoms with Gasteiger partial charge in [-0.25, -0.2) is 4.39 Å². The molecule has 1 fully saturated rings. The fraction of sp³-hybridized carbons (Fsp3) is 0.333. The Kier molecular flexibility index (Phi) is 4.02. The summed E-state index contributed by atoms with van der Waals surface area (Å²) in [5, 5.41) is 7.51. The van der Waals surface area contributed by atoms with Crippen molar-refractivity contribution in [2.24, 2.45) is 0 Å². The van der Waals surface area contributed by atoms with Gasteiger partial charge in [0.2, 0.25) is 0 Å². The van der Waals surface area contributed by atoms with Crippen molar-refractivity contribution >= 4 is 0 Å². The van der Waals surface area contributed by atoms with Gasteiger partial charge < -0.3 is 4.74 Å². The van der Waals surface area contributed by atoms with Crippen molar-refractivity contribution < 1.29 is 9.13 Å². The van der Waals surface area contributed by atoms with Gasteiger partial charge in [-0.15, -0.1) is 0 Å². The number of hydrogen-bond donors (Lipinski definition) is 1. The van der Waals surface area contributed by atoms with Gasteiger partial charge in [-0.2, -0.15) is 5.10 Å². The number of aromatic amines is 1. The van der Waals surface area contributed by atoms with E-state index in [9.17, 15) is 4.39 Å². The van der Waals surface area contributed by atoms with Gasteiger partial charge in [-0.3, -0.25) is 10.1 Å². The van der Waals surface area contributed by atoms with Gasteiger partial charge >= 0.3 is 0 Å². The van der Waals surface area contributed by atoms with Crippen LogP contribution in [0.4, 0.5) is 4.39 Å². The molecule has 0 saturated heterocycles. The number of rotatable bonds is 4. The lowest BCUT2D eigenvalue weighted by Gasteiger charge is -2.14. The molecule has 1 aliphatic carbocycles. The van der Waals surface area contributed by atoms with Crippen molar-refractivity contribution in [1.29, 1.82) is 0 Å². The topological polar surface area (TPSA) is 50.8 Å². The van der Waals surface area contributed by atoms with Crippen LogP contribution in [0.1, 0.15) is 50.8 Å². The number of nitrogens with one attached hydrogen (secondary N) is 1. The summed E-state index contributed by atoms with van der Waals surface area (Å²) in [7, 11) is 0. The minimum absolute atomic E-state index is 0.00730. The van der Waals surface area contributed by atoms with Crippen LogP contribution in [-0.4, -0.2) is 15.2 Å². The molecule has 5 heteroatoms. The Morgan fingerprint density at radius 2 is 1.81 bits per heavy atom. The van der Waals surface area contributed by atoms with Crippen LogP contribution < -0.4 is 4.74 Å². The average Bonchev–Trinajstić information content (AvgIpc) is 3.31. The molecule has 1 aliphatic rings. The Hall–Kier alpha value is -2.69. The highest BCUT2D eigenvalue weighted by Crippen LogP contribution is 2.45. The first-order valence-corrected chi connectivity index (χ1v) is 8.90. The minimum atomic E-state index is -0.276. The molecular formula is C21H22FN3O. The Morgan fingerprint density at radius 1 is 1.08 bits per heavy atom. The summed E-state index contributed by atoms with van der Waals surface area (Å²) in [4.78, 5) is 4.60. The molecule has 0 unspecified atom stereocenters. The summed E-state index contributed by atoms with van der Waals surface area (Å²) in [5.74, 6) is 1.60. The third kappa shape index (κ3) is 3.47. The largest absolute Gasteiger partial charge is 0.457 e. The molecule has 0 radical (unpaired) electrons. The summed E-state index contributed by atoms with van der Waals surface area (Å²) in [6.07, 6.45) is 4.19. The highest BCUT2D eigenvalue weighted by molar-refractivity contribution is 5.59. The van der Waals surface area contributed by atoms with Crippen molar-refractivity contribution in [2.45, 2.75) is 44.9 Å². The molecule has 134 valence electrons. The van der Waals surface area contributed by atoms with E-state index in [0.29, 0.717) is 11.7 Å². The lowest BCUT2D eigenvalue weighted by Crippen LogP contribution is -2.11. The van der Waals surface area contributed by atoms with E-state index in [0.717, 1.165) is 41.2 Å². The Labute approximate surface area is 152 Å². The molecule has 4 nitrogen and oxygen atoms in total. The maximum atomic E-state index is 13.1. The second kappa shape index (κ2) is 6.24.